The molecule has 1 fully saturated rings. The maximum atomic E-state index is 15.0. The zero-order chi connectivity index (χ0) is 22.8. The second-order valence-corrected chi connectivity index (χ2v) is 7.65. The first-order valence-corrected chi connectivity index (χ1v) is 10.3. The zero-order valence-electron chi connectivity index (χ0n) is 18.2. The molecule has 0 spiro atoms. The molecule has 2 N–H and O–H groups in total. The molecule has 168 valence electrons. The summed E-state index contributed by atoms with van der Waals surface area (Å²) in [5.41, 5.74) is 2.56. The normalized spacial score (nSPS) is 14.6. The summed E-state index contributed by atoms with van der Waals surface area (Å²) in [6, 6.07) is 7.02. The van der Waals surface area contributed by atoms with Gasteiger partial charge in [-0.1, -0.05) is 6.07 Å². The number of carbonyl (C=O) groups is 1. The summed E-state index contributed by atoms with van der Waals surface area (Å²) in [5.74, 6) is -0.771. The number of aromatic amines is 1. The van der Waals surface area contributed by atoms with E-state index >= 15 is 4.39 Å². The third-order valence-electron chi connectivity index (χ3n) is 5.67. The molecular weight excluding hydrogens is 415 g/mol. The van der Waals surface area contributed by atoms with Crippen LogP contribution in [-0.4, -0.2) is 66.1 Å². The summed E-state index contributed by atoms with van der Waals surface area (Å²) in [7, 11) is 2.93. The Labute approximate surface area is 184 Å². The largest absolute Gasteiger partial charge is 0.477 e. The number of nitrogens with zero attached hydrogens (tertiary/aromatic N) is 4. The van der Waals surface area contributed by atoms with Gasteiger partial charge in [-0.2, -0.15) is 0 Å². The number of amides is 1. The molecule has 1 aliphatic rings. The zero-order valence-corrected chi connectivity index (χ0v) is 18.2. The Morgan fingerprint density at radius 3 is 2.59 bits per heavy atom. The third kappa shape index (κ3) is 4.13. The van der Waals surface area contributed by atoms with Crippen LogP contribution in [0, 0.1) is 12.7 Å². The number of hydrogen-bond acceptors (Lipinski definition) is 7. The number of piperazine rings is 1. The van der Waals surface area contributed by atoms with Crippen molar-refractivity contribution in [2.45, 2.75) is 13.5 Å². The Morgan fingerprint density at radius 2 is 1.94 bits per heavy atom. The van der Waals surface area contributed by atoms with Crippen molar-refractivity contribution < 1.29 is 13.9 Å². The monoisotopic (exact) mass is 440 g/mol. The molecule has 0 unspecified atom stereocenters. The molecule has 2 aromatic heterocycles. The van der Waals surface area contributed by atoms with Crippen molar-refractivity contribution in [2.24, 2.45) is 0 Å². The summed E-state index contributed by atoms with van der Waals surface area (Å²) in [6.07, 6.45) is 0. The third-order valence-corrected chi connectivity index (χ3v) is 5.67. The number of rotatable bonds is 5. The number of anilines is 1. The fourth-order valence-corrected chi connectivity index (χ4v) is 3.94. The van der Waals surface area contributed by atoms with Crippen molar-refractivity contribution in [1.29, 1.82) is 0 Å². The Hall–Kier alpha value is -3.53. The second-order valence-electron chi connectivity index (χ2n) is 7.65. The van der Waals surface area contributed by atoms with Crippen LogP contribution >= 0.6 is 0 Å². The van der Waals surface area contributed by atoms with Crippen molar-refractivity contribution in [2.75, 3.05) is 45.2 Å². The minimum Gasteiger partial charge on any atom is -0.477 e. The number of benzene rings is 1. The van der Waals surface area contributed by atoms with Crippen LogP contribution in [0.15, 0.2) is 29.1 Å². The summed E-state index contributed by atoms with van der Waals surface area (Å²) in [4.78, 5) is 39.1. The first kappa shape index (κ1) is 21.7. The van der Waals surface area contributed by atoms with Gasteiger partial charge in [0.15, 0.2) is 5.82 Å². The Bertz CT molecular complexity index is 1220. The topological polar surface area (TPSA) is 103 Å². The Kier molecular flexibility index (Phi) is 6.04. The van der Waals surface area contributed by atoms with E-state index in [-0.39, 0.29) is 17.3 Å². The molecule has 4 rings (SSSR count). The number of aryl methyl sites for hydroxylation is 1. The summed E-state index contributed by atoms with van der Waals surface area (Å²) >= 11 is 0. The second kappa shape index (κ2) is 8.91. The highest BCUT2D eigenvalue weighted by Gasteiger charge is 2.21. The van der Waals surface area contributed by atoms with Crippen LogP contribution in [0.3, 0.4) is 0 Å². The highest BCUT2D eigenvalue weighted by Crippen LogP contribution is 2.23. The maximum Gasteiger partial charge on any atom is 0.311 e. The van der Waals surface area contributed by atoms with Gasteiger partial charge in [-0.3, -0.25) is 14.5 Å². The van der Waals surface area contributed by atoms with Gasteiger partial charge in [-0.15, -0.1) is 0 Å². The van der Waals surface area contributed by atoms with E-state index < -0.39 is 11.4 Å². The number of ether oxygens (including phenoxy) is 1. The molecule has 1 aliphatic heterocycles. The number of fused-ring (bicyclic) bond motifs is 1. The van der Waals surface area contributed by atoms with Crippen molar-refractivity contribution in [3.8, 4) is 5.88 Å². The lowest BCUT2D eigenvalue weighted by molar-refractivity contribution is 0.0958. The molecule has 0 atom stereocenters. The van der Waals surface area contributed by atoms with Gasteiger partial charge in [0.05, 0.1) is 24.0 Å². The van der Waals surface area contributed by atoms with Crippen molar-refractivity contribution in [3.05, 3.63) is 57.4 Å². The van der Waals surface area contributed by atoms with Crippen LogP contribution in [0.5, 0.6) is 5.88 Å². The minimum atomic E-state index is -0.559. The lowest BCUT2D eigenvalue weighted by Gasteiger charge is -2.36. The summed E-state index contributed by atoms with van der Waals surface area (Å²) < 4.78 is 19.9. The molecular formula is C22H25FN6O3. The van der Waals surface area contributed by atoms with Crippen LogP contribution in [0.25, 0.3) is 11.0 Å². The van der Waals surface area contributed by atoms with E-state index in [9.17, 15) is 9.59 Å². The average Bonchev–Trinajstić information content (AvgIpc) is 2.81. The fraction of sp³-hybridized carbons (Fsp3) is 0.364. The molecule has 10 heteroatoms. The van der Waals surface area contributed by atoms with Crippen LogP contribution < -0.4 is 20.5 Å². The Morgan fingerprint density at radius 1 is 1.19 bits per heavy atom. The summed E-state index contributed by atoms with van der Waals surface area (Å²) in [6.45, 7) is 5.31. The summed E-state index contributed by atoms with van der Waals surface area (Å²) in [5, 5.41) is 2.58. The molecule has 3 aromatic rings. The molecule has 0 bridgehead atoms. The van der Waals surface area contributed by atoms with Crippen LogP contribution in [0.2, 0.25) is 0 Å². The SMILES string of the molecule is CNC(=O)c1ccc(N2CCN(Cc3ccc4nc(OC)c(=O)[nH]c4c3F)CC2)c(C)n1. The van der Waals surface area contributed by atoms with E-state index in [0.717, 1.165) is 37.6 Å². The number of H-pyrrole nitrogens is 1. The average molecular weight is 440 g/mol. The lowest BCUT2D eigenvalue weighted by atomic mass is 10.1. The lowest BCUT2D eigenvalue weighted by Crippen LogP contribution is -2.46. The highest BCUT2D eigenvalue weighted by atomic mass is 19.1. The molecule has 1 amide bonds. The number of nitrogens with one attached hydrogen (secondary N) is 2. The van der Waals surface area contributed by atoms with E-state index in [1.807, 2.05) is 13.0 Å². The van der Waals surface area contributed by atoms with Crippen LogP contribution in [-0.2, 0) is 6.54 Å². The number of carbonyl (C=O) groups excluding carboxylic acids is 1. The molecule has 9 nitrogen and oxygen atoms in total. The molecule has 0 aliphatic carbocycles. The predicted octanol–water partition coefficient (Wildman–Crippen LogP) is 1.46. The number of aromatic nitrogens is 3. The number of hydrogen-bond donors (Lipinski definition) is 2. The molecule has 1 saturated heterocycles. The standard InChI is InChI=1S/C22H25FN6O3/c1-13-17(7-6-16(25-13)20(30)24-2)29-10-8-28(9-11-29)12-14-4-5-15-19(18(14)23)27-21(31)22(26-15)32-3/h4-7H,8-12H2,1-3H3,(H,24,30)(H,27,31). The molecule has 0 saturated carbocycles. The first-order valence-electron chi connectivity index (χ1n) is 10.3. The number of methoxy groups -OCH3 is 1. The molecule has 3 heterocycles. The van der Waals surface area contributed by atoms with Gasteiger partial charge in [0, 0.05) is 45.3 Å². The quantitative estimate of drug-likeness (QED) is 0.619. The molecule has 0 radical (unpaired) electrons. The number of pyridine rings is 1. The van der Waals surface area contributed by atoms with Gasteiger partial charge in [0.1, 0.15) is 11.2 Å². The smallest absolute Gasteiger partial charge is 0.311 e. The van der Waals surface area contributed by atoms with E-state index in [1.54, 1.807) is 25.2 Å². The van der Waals surface area contributed by atoms with Crippen molar-refractivity contribution in [1.82, 2.24) is 25.2 Å². The van der Waals surface area contributed by atoms with E-state index in [2.05, 4.69) is 30.1 Å². The Balaban J connectivity index is 1.45. The minimum absolute atomic E-state index is 0.0878. The van der Waals surface area contributed by atoms with Crippen molar-refractivity contribution >= 4 is 22.6 Å². The van der Waals surface area contributed by atoms with Crippen molar-refractivity contribution in [3.63, 3.8) is 0 Å². The van der Waals surface area contributed by atoms with Crippen LogP contribution in [0.1, 0.15) is 21.7 Å². The van der Waals surface area contributed by atoms with E-state index in [1.165, 1.54) is 7.11 Å². The predicted molar refractivity (Wildman–Crippen MR) is 119 cm³/mol. The van der Waals surface area contributed by atoms with Gasteiger partial charge in [-0.25, -0.2) is 14.4 Å². The first-order chi connectivity index (χ1) is 15.4. The highest BCUT2D eigenvalue weighted by molar-refractivity contribution is 5.92. The molecule has 32 heavy (non-hydrogen) atoms. The maximum absolute atomic E-state index is 15.0. The fourth-order valence-electron chi connectivity index (χ4n) is 3.94. The number of halogens is 1. The van der Waals surface area contributed by atoms with E-state index in [4.69, 9.17) is 4.74 Å². The van der Waals surface area contributed by atoms with Gasteiger partial charge in [0.25, 0.3) is 11.8 Å². The van der Waals surface area contributed by atoms with Gasteiger partial charge >= 0.3 is 5.56 Å². The molecule has 1 aromatic carbocycles. The van der Waals surface area contributed by atoms with Crippen LogP contribution in [0.4, 0.5) is 10.1 Å². The van der Waals surface area contributed by atoms with Gasteiger partial charge in [0.2, 0.25) is 0 Å². The van der Waals surface area contributed by atoms with Gasteiger partial charge in [-0.05, 0) is 25.1 Å². The van der Waals surface area contributed by atoms with E-state index in [0.29, 0.717) is 23.3 Å². The van der Waals surface area contributed by atoms with Gasteiger partial charge < -0.3 is 19.9 Å².